The van der Waals surface area contributed by atoms with Gasteiger partial charge in [0.25, 0.3) is 0 Å². The second-order valence-electron chi connectivity index (χ2n) is 3.86. The lowest BCUT2D eigenvalue weighted by Gasteiger charge is -2.08. The predicted octanol–water partition coefficient (Wildman–Crippen LogP) is 2.15. The first-order valence-corrected chi connectivity index (χ1v) is 5.94. The SMILES string of the molecule is Cc1cc(C)nc(SC2CCNC2)c1. The quantitative estimate of drug-likeness (QED) is 0.806. The van der Waals surface area contributed by atoms with Gasteiger partial charge in [-0.05, 0) is 44.5 Å². The molecule has 0 aliphatic carbocycles. The van der Waals surface area contributed by atoms with Gasteiger partial charge >= 0.3 is 0 Å². The van der Waals surface area contributed by atoms with Crippen molar-refractivity contribution in [2.24, 2.45) is 0 Å². The van der Waals surface area contributed by atoms with E-state index in [0.717, 1.165) is 18.8 Å². The lowest BCUT2D eigenvalue weighted by molar-refractivity contribution is 0.858. The molecule has 0 amide bonds. The van der Waals surface area contributed by atoms with Gasteiger partial charge in [0.2, 0.25) is 0 Å². The van der Waals surface area contributed by atoms with Crippen molar-refractivity contribution < 1.29 is 0 Å². The van der Waals surface area contributed by atoms with Crippen LogP contribution in [0.1, 0.15) is 17.7 Å². The number of aryl methyl sites for hydroxylation is 2. The van der Waals surface area contributed by atoms with Gasteiger partial charge in [0.05, 0.1) is 5.03 Å². The number of nitrogens with one attached hydrogen (secondary N) is 1. The van der Waals surface area contributed by atoms with E-state index in [4.69, 9.17) is 0 Å². The Kier molecular flexibility index (Phi) is 3.08. The van der Waals surface area contributed by atoms with Crippen LogP contribution in [0.25, 0.3) is 0 Å². The summed E-state index contributed by atoms with van der Waals surface area (Å²) < 4.78 is 0. The summed E-state index contributed by atoms with van der Waals surface area (Å²) in [5.41, 5.74) is 2.43. The maximum absolute atomic E-state index is 4.53. The average Bonchev–Trinajstić information content (AvgIpc) is 2.54. The van der Waals surface area contributed by atoms with Crippen molar-refractivity contribution in [3.05, 3.63) is 23.4 Å². The molecule has 1 saturated heterocycles. The van der Waals surface area contributed by atoms with Crippen LogP contribution in [0.15, 0.2) is 17.2 Å². The van der Waals surface area contributed by atoms with E-state index in [-0.39, 0.29) is 0 Å². The first-order chi connectivity index (χ1) is 6.74. The molecule has 14 heavy (non-hydrogen) atoms. The second kappa shape index (κ2) is 4.32. The topological polar surface area (TPSA) is 24.9 Å². The van der Waals surface area contributed by atoms with E-state index >= 15 is 0 Å². The fourth-order valence-corrected chi connectivity index (χ4v) is 2.99. The summed E-state index contributed by atoms with van der Waals surface area (Å²) in [6.07, 6.45) is 1.26. The zero-order chi connectivity index (χ0) is 9.97. The Labute approximate surface area is 89.5 Å². The van der Waals surface area contributed by atoms with Gasteiger partial charge in [-0.25, -0.2) is 4.98 Å². The molecule has 2 nitrogen and oxygen atoms in total. The molecule has 1 N–H and O–H groups in total. The van der Waals surface area contributed by atoms with Gasteiger partial charge in [0.1, 0.15) is 0 Å². The summed E-state index contributed by atoms with van der Waals surface area (Å²) in [5, 5.41) is 5.26. The number of nitrogens with zero attached hydrogens (tertiary/aromatic N) is 1. The molecule has 2 heterocycles. The van der Waals surface area contributed by atoms with Crippen molar-refractivity contribution in [1.29, 1.82) is 0 Å². The number of hydrogen-bond acceptors (Lipinski definition) is 3. The standard InChI is InChI=1S/C11H16N2S/c1-8-5-9(2)13-11(6-8)14-10-3-4-12-7-10/h5-6,10,12H,3-4,7H2,1-2H3. The first kappa shape index (κ1) is 9.99. The van der Waals surface area contributed by atoms with E-state index < -0.39 is 0 Å². The molecule has 1 fully saturated rings. The molecule has 1 aromatic heterocycles. The van der Waals surface area contributed by atoms with Crippen molar-refractivity contribution in [1.82, 2.24) is 10.3 Å². The molecule has 0 spiro atoms. The highest BCUT2D eigenvalue weighted by Crippen LogP contribution is 2.26. The summed E-state index contributed by atoms with van der Waals surface area (Å²) in [6, 6.07) is 4.30. The minimum atomic E-state index is 0.712. The minimum Gasteiger partial charge on any atom is -0.316 e. The number of hydrogen-bond donors (Lipinski definition) is 1. The number of pyridine rings is 1. The van der Waals surface area contributed by atoms with E-state index in [1.807, 2.05) is 11.8 Å². The molecule has 1 aliphatic heterocycles. The van der Waals surface area contributed by atoms with Gasteiger partial charge in [-0.3, -0.25) is 0 Å². The van der Waals surface area contributed by atoms with E-state index in [9.17, 15) is 0 Å². The average molecular weight is 208 g/mol. The summed E-state index contributed by atoms with van der Waals surface area (Å²) in [6.45, 7) is 6.47. The smallest absolute Gasteiger partial charge is 0.0968 e. The van der Waals surface area contributed by atoms with Crippen molar-refractivity contribution in [2.45, 2.75) is 30.5 Å². The maximum Gasteiger partial charge on any atom is 0.0968 e. The summed E-state index contributed by atoms with van der Waals surface area (Å²) in [5.74, 6) is 0. The van der Waals surface area contributed by atoms with Crippen molar-refractivity contribution in [3.63, 3.8) is 0 Å². The minimum absolute atomic E-state index is 0.712. The number of thioether (sulfide) groups is 1. The molecule has 0 radical (unpaired) electrons. The molecule has 1 atom stereocenters. The molecule has 76 valence electrons. The zero-order valence-electron chi connectivity index (χ0n) is 8.71. The fraction of sp³-hybridized carbons (Fsp3) is 0.545. The number of aromatic nitrogens is 1. The molecule has 1 aromatic rings. The van der Waals surface area contributed by atoms with Crippen molar-refractivity contribution >= 4 is 11.8 Å². The molecule has 1 unspecified atom stereocenters. The molecule has 0 aromatic carbocycles. The third-order valence-electron chi connectivity index (χ3n) is 2.38. The molecule has 0 bridgehead atoms. The van der Waals surface area contributed by atoms with E-state index in [0.29, 0.717) is 5.25 Å². The van der Waals surface area contributed by atoms with Crippen LogP contribution >= 0.6 is 11.8 Å². The lowest BCUT2D eigenvalue weighted by atomic mass is 10.3. The molecule has 1 aliphatic rings. The van der Waals surface area contributed by atoms with E-state index in [1.165, 1.54) is 17.0 Å². The highest BCUT2D eigenvalue weighted by Gasteiger charge is 2.16. The monoisotopic (exact) mass is 208 g/mol. The summed E-state index contributed by atoms with van der Waals surface area (Å²) in [7, 11) is 0. The Morgan fingerprint density at radius 2 is 2.29 bits per heavy atom. The lowest BCUT2D eigenvalue weighted by Crippen LogP contribution is -2.10. The van der Waals surface area contributed by atoms with Gasteiger partial charge in [-0.1, -0.05) is 0 Å². The molecular weight excluding hydrogens is 192 g/mol. The van der Waals surface area contributed by atoms with Gasteiger partial charge in [-0.2, -0.15) is 0 Å². The van der Waals surface area contributed by atoms with Crippen LogP contribution in [0.2, 0.25) is 0 Å². The molecule has 0 saturated carbocycles. The van der Waals surface area contributed by atoms with Crippen LogP contribution < -0.4 is 5.32 Å². The van der Waals surface area contributed by atoms with Crippen LogP contribution in [0.4, 0.5) is 0 Å². The van der Waals surface area contributed by atoms with E-state index in [2.05, 4.69) is 36.3 Å². The Morgan fingerprint density at radius 3 is 2.93 bits per heavy atom. The first-order valence-electron chi connectivity index (χ1n) is 5.07. The third-order valence-corrected chi connectivity index (χ3v) is 3.56. The van der Waals surface area contributed by atoms with E-state index in [1.54, 1.807) is 0 Å². The van der Waals surface area contributed by atoms with Crippen molar-refractivity contribution in [3.8, 4) is 0 Å². The summed E-state index contributed by atoms with van der Waals surface area (Å²) in [4.78, 5) is 4.53. The van der Waals surface area contributed by atoms with Crippen LogP contribution in [0, 0.1) is 13.8 Å². The Morgan fingerprint density at radius 1 is 1.43 bits per heavy atom. The van der Waals surface area contributed by atoms with Crippen LogP contribution in [0.5, 0.6) is 0 Å². The van der Waals surface area contributed by atoms with Gasteiger partial charge < -0.3 is 5.32 Å². The highest BCUT2D eigenvalue weighted by atomic mass is 32.2. The number of rotatable bonds is 2. The normalized spacial score (nSPS) is 21.4. The third kappa shape index (κ3) is 2.49. The van der Waals surface area contributed by atoms with Gasteiger partial charge in [0.15, 0.2) is 0 Å². The van der Waals surface area contributed by atoms with Crippen molar-refractivity contribution in [2.75, 3.05) is 13.1 Å². The maximum atomic E-state index is 4.53. The zero-order valence-corrected chi connectivity index (χ0v) is 9.53. The van der Waals surface area contributed by atoms with Gasteiger partial charge in [0, 0.05) is 17.5 Å². The largest absolute Gasteiger partial charge is 0.316 e. The highest BCUT2D eigenvalue weighted by molar-refractivity contribution is 7.99. The van der Waals surface area contributed by atoms with Crippen LogP contribution in [-0.4, -0.2) is 23.3 Å². The molecule has 2 rings (SSSR count). The molecular formula is C11H16N2S. The van der Waals surface area contributed by atoms with Gasteiger partial charge in [-0.15, -0.1) is 11.8 Å². The predicted molar refractivity (Wildman–Crippen MR) is 60.8 cm³/mol. The Balaban J connectivity index is 2.07. The Hall–Kier alpha value is -0.540. The fourth-order valence-electron chi connectivity index (χ4n) is 1.76. The van der Waals surface area contributed by atoms with Crippen LogP contribution in [0.3, 0.4) is 0 Å². The van der Waals surface area contributed by atoms with Crippen LogP contribution in [-0.2, 0) is 0 Å². The Bertz CT molecular complexity index is 299. The molecule has 3 heteroatoms. The summed E-state index contributed by atoms with van der Waals surface area (Å²) >= 11 is 1.91. The second-order valence-corrected chi connectivity index (χ2v) is 5.18.